The van der Waals surface area contributed by atoms with E-state index in [2.05, 4.69) is 0 Å². The minimum atomic E-state index is -4.79. The first-order valence-corrected chi connectivity index (χ1v) is 7.19. The summed E-state index contributed by atoms with van der Waals surface area (Å²) in [4.78, 5) is 13.4. The zero-order valence-corrected chi connectivity index (χ0v) is 13.9. The van der Waals surface area contributed by atoms with Gasteiger partial charge in [-0.25, -0.2) is 4.79 Å². The van der Waals surface area contributed by atoms with E-state index in [-0.39, 0.29) is 5.56 Å². The van der Waals surface area contributed by atoms with Crippen LogP contribution in [0.15, 0.2) is 24.3 Å². The van der Waals surface area contributed by atoms with Crippen LogP contribution in [0.2, 0.25) is 0 Å². The summed E-state index contributed by atoms with van der Waals surface area (Å²) < 4.78 is 43.7. The first kappa shape index (κ1) is 19.3. The molecule has 0 fully saturated rings. The van der Waals surface area contributed by atoms with E-state index in [9.17, 15) is 23.1 Å². The van der Waals surface area contributed by atoms with Gasteiger partial charge in [0.05, 0.1) is 0 Å². The van der Waals surface area contributed by atoms with Gasteiger partial charge in [0.2, 0.25) is 0 Å². The molecule has 1 atom stereocenters. The smallest absolute Gasteiger partial charge is 0.421 e. The van der Waals surface area contributed by atoms with Crippen molar-refractivity contribution < 1.29 is 27.8 Å². The van der Waals surface area contributed by atoms with Crippen LogP contribution >= 0.6 is 0 Å². The monoisotopic (exact) mass is 333 g/mol. The number of ether oxygens (including phenoxy) is 1. The molecule has 130 valence electrons. The maximum atomic E-state index is 12.8. The van der Waals surface area contributed by atoms with Gasteiger partial charge in [-0.15, -0.1) is 0 Å². The minimum absolute atomic E-state index is 0.296. The van der Waals surface area contributed by atoms with E-state index in [1.165, 1.54) is 17.0 Å². The van der Waals surface area contributed by atoms with E-state index in [1.807, 2.05) is 0 Å². The van der Waals surface area contributed by atoms with Crippen molar-refractivity contribution in [3.63, 3.8) is 0 Å². The molecule has 1 amide bonds. The Bertz CT molecular complexity index is 545. The summed E-state index contributed by atoms with van der Waals surface area (Å²) >= 11 is 0. The van der Waals surface area contributed by atoms with Crippen molar-refractivity contribution >= 4 is 11.8 Å². The van der Waals surface area contributed by atoms with Crippen LogP contribution < -0.4 is 4.90 Å². The molecule has 0 heterocycles. The van der Waals surface area contributed by atoms with Crippen molar-refractivity contribution in [1.29, 1.82) is 0 Å². The maximum absolute atomic E-state index is 12.8. The largest absolute Gasteiger partial charge is 0.443 e. The Hall–Kier alpha value is -1.76. The Kier molecular flexibility index (Phi) is 5.36. The SMILES string of the molecule is CCN(C(=O)OC(C)(C)C)c1ccc(C(C)(O)C(F)(F)F)cc1. The van der Waals surface area contributed by atoms with Gasteiger partial charge >= 0.3 is 12.3 Å². The maximum Gasteiger partial charge on any atom is 0.421 e. The standard InChI is InChI=1S/C16H22F3NO3/c1-6-20(13(21)23-14(2,3)4)12-9-7-11(8-10-12)15(5,22)16(17,18)19/h7-10,22H,6H2,1-5H3. The summed E-state index contributed by atoms with van der Waals surface area (Å²) in [6.45, 7) is 7.88. The third-order valence-electron chi connectivity index (χ3n) is 3.22. The predicted octanol–water partition coefficient (Wildman–Crippen LogP) is 4.22. The summed E-state index contributed by atoms with van der Waals surface area (Å²) in [6.07, 6.45) is -5.38. The molecule has 7 heteroatoms. The van der Waals surface area contributed by atoms with Crippen molar-refractivity contribution in [2.24, 2.45) is 0 Å². The quantitative estimate of drug-likeness (QED) is 0.901. The molecular formula is C16H22F3NO3. The van der Waals surface area contributed by atoms with Gasteiger partial charge in [0.15, 0.2) is 5.60 Å². The molecule has 1 aromatic rings. The Morgan fingerprint density at radius 1 is 1.13 bits per heavy atom. The summed E-state index contributed by atoms with van der Waals surface area (Å²) in [6, 6.07) is 5.00. The number of anilines is 1. The molecule has 1 rings (SSSR count). The van der Waals surface area contributed by atoms with Gasteiger partial charge in [0.1, 0.15) is 5.60 Å². The molecule has 4 nitrogen and oxygen atoms in total. The molecule has 0 bridgehead atoms. The van der Waals surface area contributed by atoms with Crippen molar-refractivity contribution in [3.05, 3.63) is 29.8 Å². The highest BCUT2D eigenvalue weighted by Crippen LogP contribution is 2.38. The highest BCUT2D eigenvalue weighted by Gasteiger charge is 2.51. The van der Waals surface area contributed by atoms with Gasteiger partial charge in [0.25, 0.3) is 0 Å². The van der Waals surface area contributed by atoms with Gasteiger partial charge in [-0.3, -0.25) is 4.90 Å². The lowest BCUT2D eigenvalue weighted by molar-refractivity contribution is -0.258. The molecule has 0 saturated carbocycles. The average molecular weight is 333 g/mol. The van der Waals surface area contributed by atoms with E-state index >= 15 is 0 Å². The molecule has 0 aliphatic rings. The number of carbonyl (C=O) groups excluding carboxylic acids is 1. The lowest BCUT2D eigenvalue weighted by Gasteiger charge is -2.28. The number of amides is 1. The predicted molar refractivity (Wildman–Crippen MR) is 81.3 cm³/mol. The molecular weight excluding hydrogens is 311 g/mol. The summed E-state index contributed by atoms with van der Waals surface area (Å²) in [5.74, 6) is 0. The Labute approximate surface area is 133 Å². The molecule has 0 radical (unpaired) electrons. The van der Waals surface area contributed by atoms with Gasteiger partial charge in [-0.1, -0.05) is 12.1 Å². The lowest BCUT2D eigenvalue weighted by atomic mass is 9.95. The zero-order chi connectivity index (χ0) is 18.1. The molecule has 0 spiro atoms. The summed E-state index contributed by atoms with van der Waals surface area (Å²) in [5.41, 5.74) is -3.53. The van der Waals surface area contributed by atoms with Crippen LogP contribution in [0.5, 0.6) is 0 Å². The van der Waals surface area contributed by atoms with Crippen molar-refractivity contribution in [2.75, 3.05) is 11.4 Å². The minimum Gasteiger partial charge on any atom is -0.443 e. The van der Waals surface area contributed by atoms with E-state index in [4.69, 9.17) is 4.74 Å². The number of hydrogen-bond donors (Lipinski definition) is 1. The van der Waals surface area contributed by atoms with Gasteiger partial charge in [0, 0.05) is 12.2 Å². The molecule has 23 heavy (non-hydrogen) atoms. The molecule has 0 aromatic heterocycles. The molecule has 0 aliphatic carbocycles. The van der Waals surface area contributed by atoms with E-state index in [0.29, 0.717) is 19.2 Å². The van der Waals surface area contributed by atoms with Crippen molar-refractivity contribution in [1.82, 2.24) is 0 Å². The molecule has 1 unspecified atom stereocenters. The fourth-order valence-corrected chi connectivity index (χ4v) is 1.86. The highest BCUT2D eigenvalue weighted by atomic mass is 19.4. The molecule has 1 N–H and O–H groups in total. The lowest BCUT2D eigenvalue weighted by Crippen LogP contribution is -2.39. The third kappa shape index (κ3) is 4.60. The van der Waals surface area contributed by atoms with Crippen molar-refractivity contribution in [3.8, 4) is 0 Å². The summed E-state index contributed by atoms with van der Waals surface area (Å²) in [5, 5.41) is 9.64. The normalized spacial score (nSPS) is 15.0. The molecule has 1 aromatic carbocycles. The number of nitrogens with zero attached hydrogens (tertiary/aromatic N) is 1. The van der Waals surface area contributed by atoms with Crippen LogP contribution in [-0.4, -0.2) is 29.5 Å². The fourth-order valence-electron chi connectivity index (χ4n) is 1.86. The second-order valence-electron chi connectivity index (χ2n) is 6.34. The van der Waals surface area contributed by atoms with E-state index in [1.54, 1.807) is 27.7 Å². The fraction of sp³-hybridized carbons (Fsp3) is 0.562. The van der Waals surface area contributed by atoms with E-state index < -0.39 is 23.5 Å². The number of halogens is 3. The number of rotatable bonds is 3. The Morgan fingerprint density at radius 2 is 1.61 bits per heavy atom. The molecule has 0 aliphatic heterocycles. The number of alkyl halides is 3. The first-order valence-electron chi connectivity index (χ1n) is 7.19. The summed E-state index contributed by atoms with van der Waals surface area (Å²) in [7, 11) is 0. The van der Waals surface area contributed by atoms with Crippen LogP contribution in [0.4, 0.5) is 23.7 Å². The van der Waals surface area contributed by atoms with Gasteiger partial charge < -0.3 is 9.84 Å². The zero-order valence-electron chi connectivity index (χ0n) is 13.9. The van der Waals surface area contributed by atoms with Gasteiger partial charge in [-0.05, 0) is 52.3 Å². The Morgan fingerprint density at radius 3 is 1.96 bits per heavy atom. The molecule has 0 saturated heterocycles. The first-order chi connectivity index (χ1) is 10.3. The highest BCUT2D eigenvalue weighted by molar-refractivity contribution is 5.87. The average Bonchev–Trinajstić information content (AvgIpc) is 2.36. The van der Waals surface area contributed by atoms with Gasteiger partial charge in [-0.2, -0.15) is 13.2 Å². The second kappa shape index (κ2) is 6.39. The number of aliphatic hydroxyl groups is 1. The third-order valence-corrected chi connectivity index (χ3v) is 3.22. The number of benzene rings is 1. The van der Waals surface area contributed by atoms with Crippen LogP contribution in [0.25, 0.3) is 0 Å². The number of carbonyl (C=O) groups is 1. The van der Waals surface area contributed by atoms with Crippen LogP contribution in [0.3, 0.4) is 0 Å². The van der Waals surface area contributed by atoms with Crippen LogP contribution in [0, 0.1) is 0 Å². The number of hydrogen-bond acceptors (Lipinski definition) is 3. The topological polar surface area (TPSA) is 49.8 Å². The Balaban J connectivity index is 3.05. The second-order valence-corrected chi connectivity index (χ2v) is 6.34. The van der Waals surface area contributed by atoms with Crippen LogP contribution in [0.1, 0.15) is 40.2 Å². The van der Waals surface area contributed by atoms with Crippen molar-refractivity contribution in [2.45, 2.75) is 52.0 Å². The van der Waals surface area contributed by atoms with E-state index in [0.717, 1.165) is 12.1 Å². The van der Waals surface area contributed by atoms with Crippen LogP contribution in [-0.2, 0) is 10.3 Å².